The molecule has 9 heavy (non-hydrogen) atoms. The quantitative estimate of drug-likeness (QED) is 0.538. The SMILES string of the molecule is CCc1ccc2c(c1)C2. The highest BCUT2D eigenvalue weighted by Crippen LogP contribution is 2.28. The Labute approximate surface area is 55.5 Å². The lowest BCUT2D eigenvalue weighted by atomic mass is 10.2. The molecule has 1 aromatic carbocycles. The summed E-state index contributed by atoms with van der Waals surface area (Å²) in [7, 11) is 0. The smallest absolute Gasteiger partial charge is 0.00200 e. The lowest BCUT2D eigenvalue weighted by Crippen LogP contribution is -1.74. The van der Waals surface area contributed by atoms with E-state index in [1.165, 1.54) is 18.4 Å². The molecule has 0 heterocycles. The Kier molecular flexibility index (Phi) is 0.895. The van der Waals surface area contributed by atoms with Gasteiger partial charge in [0.05, 0.1) is 0 Å². The molecule has 0 amide bonds. The van der Waals surface area contributed by atoms with E-state index >= 15 is 0 Å². The minimum atomic E-state index is 1.17. The van der Waals surface area contributed by atoms with Gasteiger partial charge in [-0.05, 0) is 29.5 Å². The van der Waals surface area contributed by atoms with Crippen LogP contribution < -0.4 is 0 Å². The van der Waals surface area contributed by atoms with Gasteiger partial charge in [-0.25, -0.2) is 0 Å². The van der Waals surface area contributed by atoms with Crippen LogP contribution in [0.1, 0.15) is 23.6 Å². The fourth-order valence-electron chi connectivity index (χ4n) is 1.17. The van der Waals surface area contributed by atoms with E-state index in [1.54, 1.807) is 11.1 Å². The predicted molar refractivity (Wildman–Crippen MR) is 38.6 cm³/mol. The van der Waals surface area contributed by atoms with Gasteiger partial charge < -0.3 is 0 Å². The highest BCUT2D eigenvalue weighted by molar-refractivity contribution is 5.46. The molecule has 0 bridgehead atoms. The molecule has 0 aliphatic heterocycles. The zero-order valence-corrected chi connectivity index (χ0v) is 5.65. The summed E-state index contributed by atoms with van der Waals surface area (Å²) in [5.41, 5.74) is 4.59. The predicted octanol–water partition coefficient (Wildman–Crippen LogP) is 2.15. The Morgan fingerprint density at radius 2 is 2.22 bits per heavy atom. The summed E-state index contributed by atoms with van der Waals surface area (Å²) < 4.78 is 0. The highest BCUT2D eigenvalue weighted by atomic mass is 14.2. The van der Waals surface area contributed by atoms with E-state index in [-0.39, 0.29) is 0 Å². The minimum Gasteiger partial charge on any atom is -0.0613 e. The first-order chi connectivity index (χ1) is 4.40. The van der Waals surface area contributed by atoms with Crippen LogP contribution in [0.25, 0.3) is 0 Å². The first kappa shape index (κ1) is 5.04. The van der Waals surface area contributed by atoms with Crippen molar-refractivity contribution in [3.05, 3.63) is 34.9 Å². The van der Waals surface area contributed by atoms with E-state index in [0.717, 1.165) is 0 Å². The molecule has 0 saturated heterocycles. The van der Waals surface area contributed by atoms with Gasteiger partial charge in [0.15, 0.2) is 0 Å². The molecule has 46 valence electrons. The van der Waals surface area contributed by atoms with Gasteiger partial charge in [0.1, 0.15) is 0 Å². The van der Waals surface area contributed by atoms with E-state index < -0.39 is 0 Å². The van der Waals surface area contributed by atoms with Crippen molar-refractivity contribution in [3.63, 3.8) is 0 Å². The van der Waals surface area contributed by atoms with Crippen LogP contribution >= 0.6 is 0 Å². The maximum absolute atomic E-state index is 2.31. The molecule has 0 N–H and O–H groups in total. The van der Waals surface area contributed by atoms with Crippen LogP contribution in [0.15, 0.2) is 18.2 Å². The zero-order chi connectivity index (χ0) is 6.27. The number of hydrogen-bond donors (Lipinski definition) is 0. The van der Waals surface area contributed by atoms with Gasteiger partial charge in [-0.3, -0.25) is 0 Å². The molecule has 1 aliphatic rings. The Balaban J connectivity index is 2.44. The monoisotopic (exact) mass is 118 g/mol. The second-order valence-electron chi connectivity index (χ2n) is 2.63. The van der Waals surface area contributed by atoms with Crippen LogP contribution in [0, 0.1) is 0 Å². The summed E-state index contributed by atoms with van der Waals surface area (Å²) in [6.07, 6.45) is 2.42. The fourth-order valence-corrected chi connectivity index (χ4v) is 1.17. The van der Waals surface area contributed by atoms with Gasteiger partial charge in [0, 0.05) is 0 Å². The van der Waals surface area contributed by atoms with Crippen LogP contribution in [0.3, 0.4) is 0 Å². The van der Waals surface area contributed by atoms with Gasteiger partial charge in [0.25, 0.3) is 0 Å². The molecule has 2 rings (SSSR count). The average Bonchev–Trinajstić information content (AvgIpc) is 2.64. The van der Waals surface area contributed by atoms with Crippen LogP contribution in [-0.2, 0) is 12.8 Å². The normalized spacial score (nSPS) is 13.0. The Morgan fingerprint density at radius 3 is 2.89 bits per heavy atom. The third kappa shape index (κ3) is 0.748. The van der Waals surface area contributed by atoms with Crippen LogP contribution in [-0.4, -0.2) is 0 Å². The van der Waals surface area contributed by atoms with E-state index in [2.05, 4.69) is 25.1 Å². The zero-order valence-electron chi connectivity index (χ0n) is 5.65. The second-order valence-corrected chi connectivity index (χ2v) is 2.63. The summed E-state index contributed by atoms with van der Waals surface area (Å²) in [5, 5.41) is 0. The molecular weight excluding hydrogens is 108 g/mol. The first-order valence-electron chi connectivity index (χ1n) is 3.51. The number of hydrogen-bond acceptors (Lipinski definition) is 0. The van der Waals surface area contributed by atoms with Crippen LogP contribution in [0.4, 0.5) is 0 Å². The highest BCUT2D eigenvalue weighted by Gasteiger charge is 2.14. The van der Waals surface area contributed by atoms with Crippen molar-refractivity contribution in [3.8, 4) is 0 Å². The number of rotatable bonds is 1. The number of aryl methyl sites for hydroxylation is 1. The van der Waals surface area contributed by atoms with Crippen molar-refractivity contribution >= 4 is 0 Å². The first-order valence-corrected chi connectivity index (χ1v) is 3.51. The molecule has 0 spiro atoms. The molecule has 1 aliphatic carbocycles. The van der Waals surface area contributed by atoms with E-state index in [1.807, 2.05) is 0 Å². The maximum Gasteiger partial charge on any atom is -0.00200 e. The van der Waals surface area contributed by atoms with Gasteiger partial charge >= 0.3 is 0 Å². The Bertz CT molecular complexity index is 236. The standard InChI is InChI=1S/C9H10/c1-2-7-3-4-8-6-9(8)5-7/h3-5H,2,6H2,1H3. The van der Waals surface area contributed by atoms with Crippen molar-refractivity contribution in [2.45, 2.75) is 19.8 Å². The minimum absolute atomic E-state index is 1.17. The molecule has 0 heteroatoms. The van der Waals surface area contributed by atoms with E-state index in [4.69, 9.17) is 0 Å². The Hall–Kier alpha value is -0.780. The fraction of sp³-hybridized carbons (Fsp3) is 0.333. The number of benzene rings is 1. The summed E-state index contributed by atoms with van der Waals surface area (Å²) in [6.45, 7) is 2.20. The van der Waals surface area contributed by atoms with Gasteiger partial charge in [0.2, 0.25) is 0 Å². The average molecular weight is 118 g/mol. The second kappa shape index (κ2) is 1.60. The summed E-state index contributed by atoms with van der Waals surface area (Å²) in [6, 6.07) is 6.79. The number of fused-ring (bicyclic) bond motifs is 1. The Morgan fingerprint density at radius 1 is 1.33 bits per heavy atom. The van der Waals surface area contributed by atoms with Gasteiger partial charge in [-0.2, -0.15) is 0 Å². The topological polar surface area (TPSA) is 0 Å². The summed E-state index contributed by atoms with van der Waals surface area (Å²) in [4.78, 5) is 0. The molecular formula is C9H10. The summed E-state index contributed by atoms with van der Waals surface area (Å²) in [5.74, 6) is 0. The van der Waals surface area contributed by atoms with Crippen LogP contribution in [0.2, 0.25) is 0 Å². The summed E-state index contributed by atoms with van der Waals surface area (Å²) >= 11 is 0. The molecule has 0 unspecified atom stereocenters. The van der Waals surface area contributed by atoms with Crippen molar-refractivity contribution in [2.24, 2.45) is 0 Å². The van der Waals surface area contributed by atoms with E-state index in [0.29, 0.717) is 0 Å². The lowest BCUT2D eigenvalue weighted by molar-refractivity contribution is 1.14. The molecule has 0 aromatic heterocycles. The van der Waals surface area contributed by atoms with Crippen molar-refractivity contribution in [1.29, 1.82) is 0 Å². The lowest BCUT2D eigenvalue weighted by Gasteiger charge is -1.89. The largest absolute Gasteiger partial charge is 0.0613 e. The third-order valence-corrected chi connectivity index (χ3v) is 1.93. The molecule has 0 saturated carbocycles. The van der Waals surface area contributed by atoms with Crippen molar-refractivity contribution in [2.75, 3.05) is 0 Å². The van der Waals surface area contributed by atoms with Gasteiger partial charge in [-0.1, -0.05) is 25.1 Å². The molecule has 0 nitrogen and oxygen atoms in total. The maximum atomic E-state index is 2.31. The molecule has 1 aromatic rings. The molecule has 0 atom stereocenters. The van der Waals surface area contributed by atoms with Crippen molar-refractivity contribution in [1.82, 2.24) is 0 Å². The van der Waals surface area contributed by atoms with Crippen molar-refractivity contribution < 1.29 is 0 Å². The molecule has 0 radical (unpaired) electrons. The van der Waals surface area contributed by atoms with Gasteiger partial charge in [-0.15, -0.1) is 0 Å². The molecule has 0 fully saturated rings. The van der Waals surface area contributed by atoms with Crippen LogP contribution in [0.5, 0.6) is 0 Å². The third-order valence-electron chi connectivity index (χ3n) is 1.93. The van der Waals surface area contributed by atoms with E-state index in [9.17, 15) is 0 Å².